The Bertz CT molecular complexity index is 1400. The standard InChI is InChI=1S/C30H22IN3O/c31-26-15-11-22(12-16-26)21-32-33-30(35)25-13-17-27(18-14-25)34-28(23-7-3-1-4-8-23)19-20-29(34)24-9-5-2-6-10-24/h1-21H,(H,33,35)/b32-21-. The minimum atomic E-state index is -0.252. The molecule has 5 rings (SSSR count). The van der Waals surface area contributed by atoms with Crippen LogP contribution in [-0.4, -0.2) is 16.7 Å². The number of nitrogens with one attached hydrogen (secondary N) is 1. The minimum absolute atomic E-state index is 0.252. The normalized spacial score (nSPS) is 11.0. The van der Waals surface area contributed by atoms with E-state index in [2.05, 4.69) is 74.1 Å². The van der Waals surface area contributed by atoms with Gasteiger partial charge < -0.3 is 4.57 Å². The van der Waals surface area contributed by atoms with E-state index in [1.165, 1.54) is 0 Å². The summed E-state index contributed by atoms with van der Waals surface area (Å²) in [7, 11) is 0. The number of aromatic nitrogens is 1. The molecule has 1 heterocycles. The molecule has 0 saturated heterocycles. The average Bonchev–Trinajstić information content (AvgIpc) is 3.36. The maximum atomic E-state index is 12.6. The lowest BCUT2D eigenvalue weighted by Gasteiger charge is -2.15. The Labute approximate surface area is 218 Å². The number of nitrogens with zero attached hydrogens (tertiary/aromatic N) is 2. The summed E-state index contributed by atoms with van der Waals surface area (Å²) in [6.45, 7) is 0. The van der Waals surface area contributed by atoms with Crippen LogP contribution >= 0.6 is 22.6 Å². The van der Waals surface area contributed by atoms with Crippen LogP contribution in [0.3, 0.4) is 0 Å². The van der Waals surface area contributed by atoms with Crippen LogP contribution in [0.2, 0.25) is 0 Å². The van der Waals surface area contributed by atoms with Crippen molar-refractivity contribution in [1.82, 2.24) is 9.99 Å². The number of hydrogen-bond acceptors (Lipinski definition) is 2. The Morgan fingerprint density at radius 3 is 1.77 bits per heavy atom. The van der Waals surface area contributed by atoms with E-state index in [1.807, 2.05) is 84.9 Å². The quantitative estimate of drug-likeness (QED) is 0.132. The molecular weight excluding hydrogens is 545 g/mol. The molecule has 0 bridgehead atoms. The maximum Gasteiger partial charge on any atom is 0.271 e. The highest BCUT2D eigenvalue weighted by molar-refractivity contribution is 14.1. The lowest BCUT2D eigenvalue weighted by atomic mass is 10.1. The van der Waals surface area contributed by atoms with Crippen LogP contribution < -0.4 is 5.43 Å². The van der Waals surface area contributed by atoms with Gasteiger partial charge in [0.25, 0.3) is 5.91 Å². The second-order valence-corrected chi connectivity index (χ2v) is 9.21. The van der Waals surface area contributed by atoms with E-state index in [4.69, 9.17) is 0 Å². The molecule has 5 heteroatoms. The molecule has 35 heavy (non-hydrogen) atoms. The van der Waals surface area contributed by atoms with Gasteiger partial charge in [0.1, 0.15) is 0 Å². The molecule has 1 N–H and O–H groups in total. The highest BCUT2D eigenvalue weighted by Gasteiger charge is 2.14. The SMILES string of the molecule is O=C(N/N=C\c1ccc(I)cc1)c1ccc(-n2c(-c3ccccc3)ccc2-c2ccccc2)cc1. The molecule has 0 aliphatic heterocycles. The van der Waals surface area contributed by atoms with Gasteiger partial charge in [0.2, 0.25) is 0 Å². The summed E-state index contributed by atoms with van der Waals surface area (Å²) in [5.74, 6) is -0.252. The second kappa shape index (κ2) is 10.5. The minimum Gasteiger partial charge on any atom is -0.309 e. The van der Waals surface area contributed by atoms with Crippen molar-refractivity contribution < 1.29 is 4.79 Å². The number of benzene rings is 4. The Hall–Kier alpha value is -3.97. The summed E-state index contributed by atoms with van der Waals surface area (Å²) >= 11 is 2.25. The molecule has 0 aliphatic carbocycles. The summed E-state index contributed by atoms with van der Waals surface area (Å²) in [6, 6.07) is 40.4. The zero-order chi connectivity index (χ0) is 24.0. The maximum absolute atomic E-state index is 12.6. The van der Waals surface area contributed by atoms with Gasteiger partial charge in [-0.2, -0.15) is 5.10 Å². The van der Waals surface area contributed by atoms with Gasteiger partial charge in [-0.3, -0.25) is 4.79 Å². The van der Waals surface area contributed by atoms with Gasteiger partial charge in [0, 0.05) is 14.8 Å². The van der Waals surface area contributed by atoms with E-state index < -0.39 is 0 Å². The van der Waals surface area contributed by atoms with Crippen molar-refractivity contribution in [3.63, 3.8) is 0 Å². The van der Waals surface area contributed by atoms with Crippen LogP contribution in [0.15, 0.2) is 126 Å². The third-order valence-corrected chi connectivity index (χ3v) is 6.38. The number of carbonyl (C=O) groups excluding carboxylic acids is 1. The van der Waals surface area contributed by atoms with Crippen LogP contribution in [0.5, 0.6) is 0 Å². The lowest BCUT2D eigenvalue weighted by Crippen LogP contribution is -2.17. The summed E-state index contributed by atoms with van der Waals surface area (Å²) in [4.78, 5) is 12.6. The molecule has 5 aromatic rings. The monoisotopic (exact) mass is 567 g/mol. The van der Waals surface area contributed by atoms with Gasteiger partial charge in [-0.05, 0) is 87.8 Å². The third kappa shape index (κ3) is 5.25. The van der Waals surface area contributed by atoms with Crippen molar-refractivity contribution in [2.75, 3.05) is 0 Å². The number of carbonyl (C=O) groups is 1. The fourth-order valence-corrected chi connectivity index (χ4v) is 4.28. The second-order valence-electron chi connectivity index (χ2n) is 7.97. The topological polar surface area (TPSA) is 46.4 Å². The molecule has 170 valence electrons. The van der Waals surface area contributed by atoms with Crippen LogP contribution in [0, 0.1) is 3.57 Å². The summed E-state index contributed by atoms with van der Waals surface area (Å²) in [5, 5.41) is 4.10. The Balaban J connectivity index is 1.43. The molecule has 0 unspecified atom stereocenters. The molecule has 0 saturated carbocycles. The van der Waals surface area contributed by atoms with Crippen molar-refractivity contribution in [2.45, 2.75) is 0 Å². The first-order valence-corrected chi connectivity index (χ1v) is 12.3. The van der Waals surface area contributed by atoms with Crippen LogP contribution in [-0.2, 0) is 0 Å². The van der Waals surface area contributed by atoms with E-state index >= 15 is 0 Å². The van der Waals surface area contributed by atoms with E-state index in [-0.39, 0.29) is 5.91 Å². The molecule has 0 atom stereocenters. The van der Waals surface area contributed by atoms with Crippen molar-refractivity contribution in [3.05, 3.63) is 136 Å². The van der Waals surface area contributed by atoms with Crippen LogP contribution in [0.25, 0.3) is 28.2 Å². The number of hydrogen-bond donors (Lipinski definition) is 1. The predicted molar refractivity (Wildman–Crippen MR) is 151 cm³/mol. The van der Waals surface area contributed by atoms with Crippen molar-refractivity contribution in [1.29, 1.82) is 0 Å². The summed E-state index contributed by atoms with van der Waals surface area (Å²) < 4.78 is 3.37. The van der Waals surface area contributed by atoms with Gasteiger partial charge in [0.05, 0.1) is 17.6 Å². The highest BCUT2D eigenvalue weighted by Crippen LogP contribution is 2.32. The zero-order valence-corrected chi connectivity index (χ0v) is 21.0. The van der Waals surface area contributed by atoms with E-state index in [0.29, 0.717) is 5.56 Å². The van der Waals surface area contributed by atoms with Gasteiger partial charge in [-0.1, -0.05) is 72.8 Å². The smallest absolute Gasteiger partial charge is 0.271 e. The molecule has 1 aromatic heterocycles. The van der Waals surface area contributed by atoms with Gasteiger partial charge in [-0.15, -0.1) is 0 Å². The highest BCUT2D eigenvalue weighted by atomic mass is 127. The van der Waals surface area contributed by atoms with Crippen molar-refractivity contribution in [3.8, 4) is 28.2 Å². The first-order chi connectivity index (χ1) is 17.2. The predicted octanol–water partition coefficient (Wildman–Crippen LogP) is 7.18. The van der Waals surface area contributed by atoms with Crippen LogP contribution in [0.4, 0.5) is 0 Å². The van der Waals surface area contributed by atoms with Gasteiger partial charge >= 0.3 is 0 Å². The van der Waals surface area contributed by atoms with Gasteiger partial charge in [-0.25, -0.2) is 5.43 Å². The first-order valence-electron chi connectivity index (χ1n) is 11.2. The van der Waals surface area contributed by atoms with Crippen molar-refractivity contribution >= 4 is 34.7 Å². The number of halogens is 1. The van der Waals surface area contributed by atoms with Gasteiger partial charge in [0.15, 0.2) is 0 Å². The van der Waals surface area contributed by atoms with E-state index in [1.54, 1.807) is 6.21 Å². The summed E-state index contributed by atoms with van der Waals surface area (Å²) in [5.41, 5.74) is 9.49. The number of hydrazone groups is 1. The molecule has 0 aliphatic rings. The average molecular weight is 567 g/mol. The number of amides is 1. The molecule has 0 spiro atoms. The Morgan fingerprint density at radius 2 is 1.23 bits per heavy atom. The molecular formula is C30H22IN3O. The number of rotatable bonds is 6. The molecule has 0 fully saturated rings. The first kappa shape index (κ1) is 22.8. The van der Waals surface area contributed by atoms with Crippen LogP contribution in [0.1, 0.15) is 15.9 Å². The molecule has 4 aromatic carbocycles. The fourth-order valence-electron chi connectivity index (χ4n) is 3.92. The summed E-state index contributed by atoms with van der Waals surface area (Å²) in [6.07, 6.45) is 1.64. The van der Waals surface area contributed by atoms with E-state index in [9.17, 15) is 4.79 Å². The molecule has 1 amide bonds. The van der Waals surface area contributed by atoms with Crippen molar-refractivity contribution in [2.24, 2.45) is 5.10 Å². The third-order valence-electron chi connectivity index (χ3n) is 5.66. The van der Waals surface area contributed by atoms with E-state index in [0.717, 1.165) is 37.3 Å². The largest absolute Gasteiger partial charge is 0.309 e. The fraction of sp³-hybridized carbons (Fsp3) is 0. The lowest BCUT2D eigenvalue weighted by molar-refractivity contribution is 0.0955. The zero-order valence-electron chi connectivity index (χ0n) is 18.8. The Morgan fingerprint density at radius 1 is 0.686 bits per heavy atom. The molecule has 0 radical (unpaired) electrons. The molecule has 4 nitrogen and oxygen atoms in total. The Kier molecular flexibility index (Phi) is 6.86.